The molecule has 1 atom stereocenters. The molecule has 4 heteroatoms. The summed E-state index contributed by atoms with van der Waals surface area (Å²) in [5.41, 5.74) is 0.543. The molecule has 0 aliphatic carbocycles. The highest BCUT2D eigenvalue weighted by Gasteiger charge is 2.15. The largest absolute Gasteiger partial charge is 0.492 e. The number of halogens is 1. The molecule has 17 heavy (non-hydrogen) atoms. The maximum Gasteiger partial charge on any atom is 0.137 e. The third kappa shape index (κ3) is 3.36. The first kappa shape index (κ1) is 12.2. The monoisotopic (exact) mass is 251 g/mol. The third-order valence-corrected chi connectivity index (χ3v) is 3.08. The molecule has 0 aromatic heterocycles. The van der Waals surface area contributed by atoms with Gasteiger partial charge in [0.15, 0.2) is 0 Å². The highest BCUT2D eigenvalue weighted by Crippen LogP contribution is 2.25. The molecule has 1 fully saturated rings. The van der Waals surface area contributed by atoms with Crippen LogP contribution in [-0.4, -0.2) is 19.3 Å². The van der Waals surface area contributed by atoms with Crippen molar-refractivity contribution < 1.29 is 9.47 Å². The highest BCUT2D eigenvalue weighted by molar-refractivity contribution is 6.32. The number of benzene rings is 1. The van der Waals surface area contributed by atoms with Crippen LogP contribution >= 0.6 is 11.6 Å². The Morgan fingerprint density at radius 3 is 3.06 bits per heavy atom. The Labute approximate surface area is 106 Å². The molecular weight excluding hydrogens is 238 g/mol. The molecule has 1 aliphatic rings. The van der Waals surface area contributed by atoms with E-state index in [1.165, 1.54) is 0 Å². The lowest BCUT2D eigenvalue weighted by Crippen LogP contribution is -2.10. The summed E-state index contributed by atoms with van der Waals surface area (Å²) >= 11 is 6.00. The van der Waals surface area contributed by atoms with Crippen molar-refractivity contribution in [2.75, 3.05) is 13.2 Å². The molecule has 2 rings (SSSR count). The molecule has 1 aromatic rings. The smallest absolute Gasteiger partial charge is 0.137 e. The van der Waals surface area contributed by atoms with E-state index < -0.39 is 0 Å². The van der Waals surface area contributed by atoms with E-state index in [0.717, 1.165) is 25.9 Å². The van der Waals surface area contributed by atoms with Gasteiger partial charge in [-0.1, -0.05) is 11.6 Å². The summed E-state index contributed by atoms with van der Waals surface area (Å²) in [5.74, 6) is 0.628. The molecule has 1 saturated heterocycles. The van der Waals surface area contributed by atoms with E-state index in [-0.39, 0.29) is 0 Å². The van der Waals surface area contributed by atoms with Crippen molar-refractivity contribution in [2.24, 2.45) is 0 Å². The molecule has 1 unspecified atom stereocenters. The average Bonchev–Trinajstić information content (AvgIpc) is 2.84. The Morgan fingerprint density at radius 1 is 1.53 bits per heavy atom. The Hall–Kier alpha value is -1.24. The number of ether oxygens (including phenoxy) is 2. The summed E-state index contributed by atoms with van der Waals surface area (Å²) in [4.78, 5) is 0. The Morgan fingerprint density at radius 2 is 2.41 bits per heavy atom. The van der Waals surface area contributed by atoms with Crippen LogP contribution in [0.2, 0.25) is 5.02 Å². The predicted octanol–water partition coefficient (Wildman–Crippen LogP) is 3.16. The van der Waals surface area contributed by atoms with Crippen molar-refractivity contribution in [1.29, 1.82) is 5.26 Å². The van der Waals surface area contributed by atoms with E-state index in [2.05, 4.69) is 0 Å². The lowest BCUT2D eigenvalue weighted by molar-refractivity contribution is 0.0904. The van der Waals surface area contributed by atoms with Gasteiger partial charge in [0, 0.05) is 13.0 Å². The normalized spacial score (nSPS) is 18.9. The Bertz CT molecular complexity index is 422. The lowest BCUT2D eigenvalue weighted by Gasteiger charge is -2.11. The highest BCUT2D eigenvalue weighted by atomic mass is 35.5. The van der Waals surface area contributed by atoms with Gasteiger partial charge in [-0.3, -0.25) is 0 Å². The molecule has 1 heterocycles. The van der Waals surface area contributed by atoms with Gasteiger partial charge in [-0.05, 0) is 31.0 Å². The zero-order valence-electron chi connectivity index (χ0n) is 9.49. The molecule has 0 saturated carbocycles. The molecule has 90 valence electrons. The molecule has 0 amide bonds. The van der Waals surface area contributed by atoms with Gasteiger partial charge in [0.2, 0.25) is 0 Å². The second kappa shape index (κ2) is 5.90. The maximum absolute atomic E-state index is 8.71. The molecule has 3 nitrogen and oxygen atoms in total. The van der Waals surface area contributed by atoms with Crippen LogP contribution in [0.3, 0.4) is 0 Å². The van der Waals surface area contributed by atoms with Crippen molar-refractivity contribution >= 4 is 11.6 Å². The summed E-state index contributed by atoms with van der Waals surface area (Å²) < 4.78 is 11.1. The molecule has 0 radical (unpaired) electrons. The number of hydrogen-bond acceptors (Lipinski definition) is 3. The average molecular weight is 252 g/mol. The SMILES string of the molecule is N#Cc1ccc(OCCC2CCCO2)c(Cl)c1. The van der Waals surface area contributed by atoms with Gasteiger partial charge in [-0.2, -0.15) is 5.26 Å². The Kier molecular flexibility index (Phi) is 4.24. The lowest BCUT2D eigenvalue weighted by atomic mass is 10.2. The van der Waals surface area contributed by atoms with E-state index in [0.29, 0.717) is 29.0 Å². The van der Waals surface area contributed by atoms with Crippen LogP contribution < -0.4 is 4.74 Å². The summed E-state index contributed by atoms with van der Waals surface area (Å²) in [6.45, 7) is 1.46. The third-order valence-electron chi connectivity index (χ3n) is 2.78. The molecule has 0 spiro atoms. The van der Waals surface area contributed by atoms with Crippen molar-refractivity contribution in [1.82, 2.24) is 0 Å². The van der Waals surface area contributed by atoms with Crippen LogP contribution in [0, 0.1) is 11.3 Å². The zero-order chi connectivity index (χ0) is 12.1. The fourth-order valence-electron chi connectivity index (χ4n) is 1.86. The number of nitriles is 1. The summed E-state index contributed by atoms with van der Waals surface area (Å²) in [6.07, 6.45) is 3.47. The number of hydrogen-bond donors (Lipinski definition) is 0. The fourth-order valence-corrected chi connectivity index (χ4v) is 2.09. The fraction of sp³-hybridized carbons (Fsp3) is 0.462. The molecule has 0 N–H and O–H groups in total. The minimum Gasteiger partial charge on any atom is -0.492 e. The van der Waals surface area contributed by atoms with Crippen molar-refractivity contribution in [3.63, 3.8) is 0 Å². The first-order valence-corrected chi connectivity index (χ1v) is 6.11. The van der Waals surface area contributed by atoms with Gasteiger partial charge < -0.3 is 9.47 Å². The minimum atomic E-state index is 0.326. The van der Waals surface area contributed by atoms with Crippen LogP contribution in [0.5, 0.6) is 5.75 Å². The van der Waals surface area contributed by atoms with Gasteiger partial charge in [0.05, 0.1) is 29.4 Å². The van der Waals surface area contributed by atoms with E-state index in [1.807, 2.05) is 6.07 Å². The molecule has 1 aromatic carbocycles. The van der Waals surface area contributed by atoms with Crippen LogP contribution in [-0.2, 0) is 4.74 Å². The zero-order valence-corrected chi connectivity index (χ0v) is 10.2. The second-order valence-corrected chi connectivity index (χ2v) is 4.44. The molecule has 1 aliphatic heterocycles. The van der Waals surface area contributed by atoms with Crippen molar-refractivity contribution in [3.05, 3.63) is 28.8 Å². The van der Waals surface area contributed by atoms with Crippen LogP contribution in [0.4, 0.5) is 0 Å². The number of rotatable bonds is 4. The van der Waals surface area contributed by atoms with Gasteiger partial charge in [0.25, 0.3) is 0 Å². The first-order valence-electron chi connectivity index (χ1n) is 5.73. The quantitative estimate of drug-likeness (QED) is 0.826. The van der Waals surface area contributed by atoms with Crippen LogP contribution in [0.15, 0.2) is 18.2 Å². The van der Waals surface area contributed by atoms with E-state index >= 15 is 0 Å². The van der Waals surface area contributed by atoms with Gasteiger partial charge in [-0.25, -0.2) is 0 Å². The van der Waals surface area contributed by atoms with Crippen LogP contribution in [0.25, 0.3) is 0 Å². The second-order valence-electron chi connectivity index (χ2n) is 4.03. The summed E-state index contributed by atoms with van der Waals surface area (Å²) in [5, 5.41) is 9.19. The van der Waals surface area contributed by atoms with Gasteiger partial charge >= 0.3 is 0 Å². The summed E-state index contributed by atoms with van der Waals surface area (Å²) in [6, 6.07) is 7.08. The first-order chi connectivity index (χ1) is 8.29. The standard InChI is InChI=1S/C13H14ClNO2/c14-12-8-10(9-15)3-4-13(12)17-7-5-11-2-1-6-16-11/h3-4,8,11H,1-2,5-7H2. The Balaban J connectivity index is 1.84. The maximum atomic E-state index is 8.71. The van der Waals surface area contributed by atoms with Crippen LogP contribution in [0.1, 0.15) is 24.8 Å². The minimum absolute atomic E-state index is 0.326. The van der Waals surface area contributed by atoms with E-state index in [9.17, 15) is 0 Å². The predicted molar refractivity (Wildman–Crippen MR) is 65.3 cm³/mol. The molecular formula is C13H14ClNO2. The van der Waals surface area contributed by atoms with Gasteiger partial charge in [-0.15, -0.1) is 0 Å². The van der Waals surface area contributed by atoms with E-state index in [1.54, 1.807) is 18.2 Å². The van der Waals surface area contributed by atoms with E-state index in [4.69, 9.17) is 26.3 Å². The molecule has 0 bridgehead atoms. The van der Waals surface area contributed by atoms with Crippen molar-refractivity contribution in [3.8, 4) is 11.8 Å². The van der Waals surface area contributed by atoms with Gasteiger partial charge in [0.1, 0.15) is 5.75 Å². The topological polar surface area (TPSA) is 42.2 Å². The van der Waals surface area contributed by atoms with Crippen molar-refractivity contribution in [2.45, 2.75) is 25.4 Å². The number of nitrogens with zero attached hydrogens (tertiary/aromatic N) is 1. The summed E-state index contributed by atoms with van der Waals surface area (Å²) in [7, 11) is 0.